The third-order valence-corrected chi connectivity index (χ3v) is 6.78. The van der Waals surface area contributed by atoms with E-state index in [1.165, 1.54) is 10.7 Å². The van der Waals surface area contributed by atoms with Gasteiger partial charge in [-0.15, -0.1) is 0 Å². The van der Waals surface area contributed by atoms with Crippen LogP contribution in [0.2, 0.25) is 0 Å². The van der Waals surface area contributed by atoms with E-state index in [2.05, 4.69) is 15.9 Å². The summed E-state index contributed by atoms with van der Waals surface area (Å²) in [6.45, 7) is 1.80. The van der Waals surface area contributed by atoms with Crippen molar-refractivity contribution >= 4 is 31.6 Å². The molecule has 112 valence electrons. The van der Waals surface area contributed by atoms with Crippen molar-refractivity contribution < 1.29 is 8.42 Å². The Bertz CT molecular complexity index is 595. The second-order valence-electron chi connectivity index (χ2n) is 5.45. The van der Waals surface area contributed by atoms with E-state index < -0.39 is 10.0 Å². The molecule has 1 saturated carbocycles. The van der Waals surface area contributed by atoms with Gasteiger partial charge < -0.3 is 5.73 Å². The number of nitrogen functional groups attached to an aromatic ring is 1. The lowest BCUT2D eigenvalue weighted by molar-refractivity contribution is 0.285. The van der Waals surface area contributed by atoms with E-state index in [4.69, 9.17) is 5.73 Å². The predicted molar refractivity (Wildman–Crippen MR) is 85.1 cm³/mol. The van der Waals surface area contributed by atoms with Gasteiger partial charge in [0.2, 0.25) is 10.0 Å². The van der Waals surface area contributed by atoms with Gasteiger partial charge in [0.1, 0.15) is 0 Å². The first-order chi connectivity index (χ1) is 9.34. The molecule has 0 atom stereocenters. The van der Waals surface area contributed by atoms with Crippen LogP contribution in [0.5, 0.6) is 0 Å². The quantitative estimate of drug-likeness (QED) is 0.841. The highest BCUT2D eigenvalue weighted by molar-refractivity contribution is 9.10. The number of benzene rings is 1. The summed E-state index contributed by atoms with van der Waals surface area (Å²) in [5.74, 6) is 0. The van der Waals surface area contributed by atoms with Crippen molar-refractivity contribution in [1.29, 1.82) is 0 Å². The molecule has 0 bridgehead atoms. The highest BCUT2D eigenvalue weighted by atomic mass is 79.9. The van der Waals surface area contributed by atoms with Crippen molar-refractivity contribution in [3.8, 4) is 0 Å². The lowest BCUT2D eigenvalue weighted by atomic mass is 9.96. The van der Waals surface area contributed by atoms with Gasteiger partial charge >= 0.3 is 0 Å². The number of sulfonamides is 1. The zero-order chi connectivity index (χ0) is 14.9. The van der Waals surface area contributed by atoms with Gasteiger partial charge in [-0.25, -0.2) is 8.42 Å². The molecule has 0 saturated heterocycles. The lowest BCUT2D eigenvalue weighted by Crippen LogP contribution is -2.38. The van der Waals surface area contributed by atoms with Crippen LogP contribution in [-0.4, -0.2) is 25.8 Å². The zero-order valence-corrected chi connectivity index (χ0v) is 14.3. The van der Waals surface area contributed by atoms with Crippen molar-refractivity contribution in [2.75, 3.05) is 12.8 Å². The summed E-state index contributed by atoms with van der Waals surface area (Å²) in [6.07, 6.45) is 5.30. The van der Waals surface area contributed by atoms with Crippen LogP contribution in [-0.2, 0) is 10.0 Å². The first-order valence-corrected chi connectivity index (χ1v) is 9.11. The molecule has 0 aromatic heterocycles. The van der Waals surface area contributed by atoms with E-state index >= 15 is 0 Å². The molecule has 0 unspecified atom stereocenters. The Morgan fingerprint density at radius 2 is 1.85 bits per heavy atom. The largest absolute Gasteiger partial charge is 0.398 e. The molecule has 0 aliphatic heterocycles. The smallest absolute Gasteiger partial charge is 0.243 e. The highest BCUT2D eigenvalue weighted by Crippen LogP contribution is 2.31. The van der Waals surface area contributed by atoms with Crippen molar-refractivity contribution in [2.24, 2.45) is 0 Å². The average molecular weight is 361 g/mol. The van der Waals surface area contributed by atoms with Crippen LogP contribution in [0.3, 0.4) is 0 Å². The van der Waals surface area contributed by atoms with Crippen LogP contribution in [0, 0.1) is 6.92 Å². The van der Waals surface area contributed by atoms with Crippen LogP contribution < -0.4 is 5.73 Å². The van der Waals surface area contributed by atoms with Crippen LogP contribution in [0.15, 0.2) is 21.5 Å². The molecule has 20 heavy (non-hydrogen) atoms. The summed E-state index contributed by atoms with van der Waals surface area (Å²) in [5, 5.41) is 0. The van der Waals surface area contributed by atoms with Crippen molar-refractivity contribution in [1.82, 2.24) is 4.31 Å². The molecule has 4 nitrogen and oxygen atoms in total. The van der Waals surface area contributed by atoms with Gasteiger partial charge in [-0.1, -0.05) is 19.3 Å². The maximum absolute atomic E-state index is 12.8. The van der Waals surface area contributed by atoms with Crippen molar-refractivity contribution in [2.45, 2.75) is 50.0 Å². The molecule has 0 spiro atoms. The minimum Gasteiger partial charge on any atom is -0.398 e. The molecule has 1 aliphatic carbocycles. The Labute approximate surface area is 129 Å². The molecule has 2 rings (SSSR count). The number of nitrogens with two attached hydrogens (primary N) is 1. The predicted octanol–water partition coefficient (Wildman–Crippen LogP) is 3.29. The topological polar surface area (TPSA) is 63.4 Å². The first kappa shape index (κ1) is 15.8. The van der Waals surface area contributed by atoms with E-state index in [0.717, 1.165) is 30.2 Å². The number of hydrogen-bond acceptors (Lipinski definition) is 3. The Morgan fingerprint density at radius 3 is 2.45 bits per heavy atom. The minimum atomic E-state index is -3.48. The number of halogens is 1. The second-order valence-corrected chi connectivity index (χ2v) is 8.27. The van der Waals surface area contributed by atoms with Crippen LogP contribution in [0.4, 0.5) is 5.69 Å². The summed E-state index contributed by atoms with van der Waals surface area (Å²) in [6, 6.07) is 3.42. The fourth-order valence-electron chi connectivity index (χ4n) is 2.74. The van der Waals surface area contributed by atoms with Gasteiger partial charge in [-0.3, -0.25) is 0 Å². The maximum Gasteiger partial charge on any atom is 0.243 e. The Kier molecular flexibility index (Phi) is 4.76. The summed E-state index contributed by atoms with van der Waals surface area (Å²) in [5.41, 5.74) is 7.00. The third kappa shape index (κ3) is 3.02. The normalized spacial score (nSPS) is 17.6. The Hall–Kier alpha value is -0.590. The summed E-state index contributed by atoms with van der Waals surface area (Å²) in [7, 11) is -1.79. The Morgan fingerprint density at radius 1 is 1.25 bits per heavy atom. The molecule has 1 aliphatic rings. The fourth-order valence-corrected chi connectivity index (χ4v) is 4.86. The van der Waals surface area contributed by atoms with E-state index in [-0.39, 0.29) is 6.04 Å². The monoisotopic (exact) mass is 360 g/mol. The van der Waals surface area contributed by atoms with Crippen LogP contribution in [0.25, 0.3) is 0 Å². The molecule has 1 fully saturated rings. The van der Waals surface area contributed by atoms with Crippen molar-refractivity contribution in [3.05, 3.63) is 22.2 Å². The summed E-state index contributed by atoms with van der Waals surface area (Å²) in [4.78, 5) is 0.311. The summed E-state index contributed by atoms with van der Waals surface area (Å²) < 4.78 is 27.8. The number of nitrogens with zero attached hydrogens (tertiary/aromatic N) is 1. The summed E-state index contributed by atoms with van der Waals surface area (Å²) >= 11 is 3.33. The first-order valence-electron chi connectivity index (χ1n) is 6.87. The number of aryl methyl sites for hydroxylation is 1. The molecule has 6 heteroatoms. The SMILES string of the molecule is Cc1cc(Br)c(N)cc1S(=O)(=O)N(C)C1CCCCC1. The molecule has 0 amide bonds. The lowest BCUT2D eigenvalue weighted by Gasteiger charge is -2.30. The number of anilines is 1. The molecule has 1 aromatic rings. The van der Waals surface area contributed by atoms with Gasteiger partial charge in [0.25, 0.3) is 0 Å². The maximum atomic E-state index is 12.8. The number of hydrogen-bond donors (Lipinski definition) is 1. The van der Waals surface area contributed by atoms with E-state index in [0.29, 0.717) is 16.1 Å². The van der Waals surface area contributed by atoms with Gasteiger partial charge in [0, 0.05) is 23.2 Å². The van der Waals surface area contributed by atoms with Gasteiger partial charge in [0.15, 0.2) is 0 Å². The van der Waals surface area contributed by atoms with Crippen LogP contribution in [0.1, 0.15) is 37.7 Å². The van der Waals surface area contributed by atoms with E-state index in [1.807, 2.05) is 0 Å². The average Bonchev–Trinajstić information content (AvgIpc) is 2.42. The third-order valence-electron chi connectivity index (χ3n) is 4.04. The fraction of sp³-hybridized carbons (Fsp3) is 0.571. The molecule has 2 N–H and O–H groups in total. The van der Waals surface area contributed by atoms with Gasteiger partial charge in [0.05, 0.1) is 4.90 Å². The standard InChI is InChI=1S/C14H21BrN2O2S/c1-10-8-12(15)13(16)9-14(10)20(18,19)17(2)11-6-4-3-5-7-11/h8-9,11H,3-7,16H2,1-2H3. The van der Waals surface area contributed by atoms with E-state index in [9.17, 15) is 8.42 Å². The molecule has 0 heterocycles. The van der Waals surface area contributed by atoms with Crippen LogP contribution >= 0.6 is 15.9 Å². The Balaban J connectivity index is 2.36. The minimum absolute atomic E-state index is 0.109. The molecule has 1 aromatic carbocycles. The highest BCUT2D eigenvalue weighted by Gasteiger charge is 2.30. The zero-order valence-electron chi connectivity index (χ0n) is 11.9. The van der Waals surface area contributed by atoms with Crippen molar-refractivity contribution in [3.63, 3.8) is 0 Å². The van der Waals surface area contributed by atoms with Gasteiger partial charge in [-0.05, 0) is 53.4 Å². The molecular formula is C14H21BrN2O2S. The van der Waals surface area contributed by atoms with Gasteiger partial charge in [-0.2, -0.15) is 4.31 Å². The molecule has 0 radical (unpaired) electrons. The van der Waals surface area contributed by atoms with E-state index in [1.54, 1.807) is 26.1 Å². The molecular weight excluding hydrogens is 340 g/mol. The number of rotatable bonds is 3. The second kappa shape index (κ2) is 6.03.